The molecule has 0 saturated heterocycles. The molecule has 24 heavy (non-hydrogen) atoms. The van der Waals surface area contributed by atoms with Gasteiger partial charge in [-0.05, 0) is 29.2 Å². The van der Waals surface area contributed by atoms with E-state index in [4.69, 9.17) is 4.74 Å². The maximum absolute atomic E-state index is 13.3. The summed E-state index contributed by atoms with van der Waals surface area (Å²) in [5.41, 5.74) is 3.22. The second-order valence-electron chi connectivity index (χ2n) is 5.78. The first-order valence-electron chi connectivity index (χ1n) is 7.76. The van der Waals surface area contributed by atoms with Gasteiger partial charge in [0, 0.05) is 36.1 Å². The van der Waals surface area contributed by atoms with Gasteiger partial charge in [0.15, 0.2) is 0 Å². The maximum atomic E-state index is 13.3. The third-order valence-electron chi connectivity index (χ3n) is 4.32. The van der Waals surface area contributed by atoms with Crippen LogP contribution >= 0.6 is 11.5 Å². The highest BCUT2D eigenvalue weighted by atomic mass is 32.1. The van der Waals surface area contributed by atoms with Crippen LogP contribution in [0.4, 0.5) is 4.39 Å². The lowest BCUT2D eigenvalue weighted by Crippen LogP contribution is -2.35. The highest BCUT2D eigenvalue weighted by Gasteiger charge is 2.31. The third-order valence-corrected chi connectivity index (χ3v) is 5.07. The second kappa shape index (κ2) is 6.33. The summed E-state index contributed by atoms with van der Waals surface area (Å²) < 4.78 is 22.8. The SMILES string of the molecule is COc1cc(CN2CCc3[nH]cnc3C2c2ccc(F)cc2)sn1. The van der Waals surface area contributed by atoms with Gasteiger partial charge in [-0.25, -0.2) is 9.37 Å². The molecule has 1 aliphatic heterocycles. The predicted molar refractivity (Wildman–Crippen MR) is 89.6 cm³/mol. The van der Waals surface area contributed by atoms with E-state index < -0.39 is 0 Å². The predicted octanol–water partition coefficient (Wildman–Crippen LogP) is 3.16. The number of hydrogen-bond acceptors (Lipinski definition) is 5. The normalized spacial score (nSPS) is 17.7. The van der Waals surface area contributed by atoms with Crippen LogP contribution in [-0.4, -0.2) is 32.9 Å². The van der Waals surface area contributed by atoms with E-state index >= 15 is 0 Å². The fraction of sp³-hybridized carbons (Fsp3) is 0.294. The van der Waals surface area contributed by atoms with Crippen LogP contribution < -0.4 is 4.74 Å². The van der Waals surface area contributed by atoms with Gasteiger partial charge in [-0.3, -0.25) is 4.90 Å². The first kappa shape index (κ1) is 15.3. The Morgan fingerprint density at radius 3 is 2.96 bits per heavy atom. The summed E-state index contributed by atoms with van der Waals surface area (Å²) in [4.78, 5) is 11.2. The average molecular weight is 344 g/mol. The Bertz CT molecular complexity index is 829. The lowest BCUT2D eigenvalue weighted by atomic mass is 9.95. The van der Waals surface area contributed by atoms with Gasteiger partial charge in [0.2, 0.25) is 5.88 Å². The Balaban J connectivity index is 1.68. The number of H-pyrrole nitrogens is 1. The lowest BCUT2D eigenvalue weighted by molar-refractivity contribution is 0.202. The van der Waals surface area contributed by atoms with Crippen molar-refractivity contribution in [2.45, 2.75) is 19.0 Å². The average Bonchev–Trinajstić information content (AvgIpc) is 3.24. The number of ether oxygens (including phenoxy) is 1. The zero-order valence-electron chi connectivity index (χ0n) is 13.2. The van der Waals surface area contributed by atoms with E-state index in [0.717, 1.165) is 41.3 Å². The van der Waals surface area contributed by atoms with E-state index in [0.29, 0.717) is 5.88 Å². The molecule has 0 bridgehead atoms. The molecule has 5 nitrogen and oxygen atoms in total. The van der Waals surface area contributed by atoms with Crippen molar-refractivity contribution in [1.82, 2.24) is 19.2 Å². The molecule has 3 aromatic rings. The van der Waals surface area contributed by atoms with Gasteiger partial charge in [0.05, 0.1) is 25.2 Å². The van der Waals surface area contributed by atoms with Gasteiger partial charge < -0.3 is 9.72 Å². The minimum Gasteiger partial charge on any atom is -0.480 e. The Morgan fingerprint density at radius 1 is 1.38 bits per heavy atom. The number of halogens is 1. The van der Waals surface area contributed by atoms with Gasteiger partial charge in [-0.1, -0.05) is 12.1 Å². The summed E-state index contributed by atoms with van der Waals surface area (Å²) >= 11 is 1.45. The Hall–Kier alpha value is -2.25. The summed E-state index contributed by atoms with van der Waals surface area (Å²) in [5, 5.41) is 0. The molecule has 3 heterocycles. The fourth-order valence-corrected chi connectivity index (χ4v) is 3.89. The third kappa shape index (κ3) is 2.81. The molecule has 124 valence electrons. The minimum absolute atomic E-state index is 0.00805. The van der Waals surface area contributed by atoms with E-state index in [9.17, 15) is 4.39 Å². The molecule has 1 aliphatic rings. The molecule has 2 aromatic heterocycles. The number of nitrogens with zero attached hydrogens (tertiary/aromatic N) is 3. The van der Waals surface area contributed by atoms with Crippen molar-refractivity contribution >= 4 is 11.5 Å². The minimum atomic E-state index is -0.226. The van der Waals surface area contributed by atoms with Crippen LogP contribution in [0.2, 0.25) is 0 Å². The van der Waals surface area contributed by atoms with E-state index in [1.54, 1.807) is 13.4 Å². The summed E-state index contributed by atoms with van der Waals surface area (Å²) in [6.45, 7) is 1.66. The van der Waals surface area contributed by atoms with Crippen molar-refractivity contribution in [3.63, 3.8) is 0 Å². The number of fused-ring (bicyclic) bond motifs is 1. The molecule has 7 heteroatoms. The molecule has 0 amide bonds. The highest BCUT2D eigenvalue weighted by molar-refractivity contribution is 7.05. The van der Waals surface area contributed by atoms with E-state index in [1.165, 1.54) is 23.7 Å². The van der Waals surface area contributed by atoms with Crippen LogP contribution in [0.3, 0.4) is 0 Å². The van der Waals surface area contributed by atoms with Gasteiger partial charge in [-0.15, -0.1) is 0 Å². The van der Waals surface area contributed by atoms with Crippen molar-refractivity contribution < 1.29 is 9.13 Å². The van der Waals surface area contributed by atoms with Crippen LogP contribution in [0.5, 0.6) is 5.88 Å². The van der Waals surface area contributed by atoms with Crippen molar-refractivity contribution in [3.05, 3.63) is 64.3 Å². The standard InChI is InChI=1S/C17H17FN4OS/c1-23-15-8-13(24-21-15)9-22-7-6-14-16(20-10-19-14)17(22)11-2-4-12(18)5-3-11/h2-5,8,10,17H,6-7,9H2,1H3,(H,19,20). The first-order valence-corrected chi connectivity index (χ1v) is 8.53. The Labute approximate surface area is 143 Å². The zero-order valence-corrected chi connectivity index (χ0v) is 14.0. The monoisotopic (exact) mass is 344 g/mol. The van der Waals surface area contributed by atoms with Crippen LogP contribution in [-0.2, 0) is 13.0 Å². The molecule has 1 aromatic carbocycles. The summed E-state index contributed by atoms with van der Waals surface area (Å²) in [6.07, 6.45) is 2.66. The van der Waals surface area contributed by atoms with E-state index in [2.05, 4.69) is 19.2 Å². The number of rotatable bonds is 4. The summed E-state index contributed by atoms with van der Waals surface area (Å²) in [7, 11) is 1.62. The van der Waals surface area contributed by atoms with Crippen LogP contribution in [0.1, 0.15) is 27.9 Å². The van der Waals surface area contributed by atoms with Gasteiger partial charge in [-0.2, -0.15) is 4.37 Å². The smallest absolute Gasteiger partial charge is 0.225 e. The van der Waals surface area contributed by atoms with Crippen molar-refractivity contribution in [3.8, 4) is 5.88 Å². The molecule has 4 rings (SSSR count). The Morgan fingerprint density at radius 2 is 2.21 bits per heavy atom. The second-order valence-corrected chi connectivity index (χ2v) is 6.67. The molecule has 1 unspecified atom stereocenters. The molecule has 0 spiro atoms. The van der Waals surface area contributed by atoms with Gasteiger partial charge in [0.25, 0.3) is 0 Å². The quantitative estimate of drug-likeness (QED) is 0.790. The fourth-order valence-electron chi connectivity index (χ4n) is 3.17. The first-order chi connectivity index (χ1) is 11.7. The number of aromatic nitrogens is 3. The summed E-state index contributed by atoms with van der Waals surface area (Å²) in [6, 6.07) is 8.66. The molecule has 1 atom stereocenters. The van der Waals surface area contributed by atoms with Crippen LogP contribution in [0, 0.1) is 5.82 Å². The number of methoxy groups -OCH3 is 1. The molecule has 1 N–H and O–H groups in total. The highest BCUT2D eigenvalue weighted by Crippen LogP contribution is 2.35. The van der Waals surface area contributed by atoms with Gasteiger partial charge >= 0.3 is 0 Å². The number of aromatic amines is 1. The molecular formula is C17H17FN4OS. The van der Waals surface area contributed by atoms with Crippen molar-refractivity contribution in [1.29, 1.82) is 0 Å². The summed E-state index contributed by atoms with van der Waals surface area (Å²) in [5.74, 6) is 0.418. The Kier molecular flexibility index (Phi) is 4.03. The van der Waals surface area contributed by atoms with E-state index in [1.807, 2.05) is 18.2 Å². The molecule has 0 radical (unpaired) electrons. The van der Waals surface area contributed by atoms with Gasteiger partial charge in [0.1, 0.15) is 5.82 Å². The molecular weight excluding hydrogens is 327 g/mol. The number of benzene rings is 1. The van der Waals surface area contributed by atoms with E-state index in [-0.39, 0.29) is 11.9 Å². The topological polar surface area (TPSA) is 54.0 Å². The maximum Gasteiger partial charge on any atom is 0.225 e. The van der Waals surface area contributed by atoms with Crippen molar-refractivity contribution in [2.24, 2.45) is 0 Å². The number of imidazole rings is 1. The van der Waals surface area contributed by atoms with Crippen molar-refractivity contribution in [2.75, 3.05) is 13.7 Å². The molecule has 0 aliphatic carbocycles. The molecule has 0 saturated carbocycles. The zero-order chi connectivity index (χ0) is 16.5. The largest absolute Gasteiger partial charge is 0.480 e. The van der Waals surface area contributed by atoms with Crippen LogP contribution in [0.15, 0.2) is 36.7 Å². The van der Waals surface area contributed by atoms with Crippen LogP contribution in [0.25, 0.3) is 0 Å². The number of nitrogens with one attached hydrogen (secondary N) is 1. The lowest BCUT2D eigenvalue weighted by Gasteiger charge is -2.34. The number of hydrogen-bond donors (Lipinski definition) is 1. The molecule has 0 fully saturated rings.